The molecule has 3 aromatic rings. The first kappa shape index (κ1) is 25.4. The number of amides is 1. The zero-order valence-corrected chi connectivity index (χ0v) is 20.9. The molecule has 4 heteroatoms. The maximum absolute atomic E-state index is 13.1. The highest BCUT2D eigenvalue weighted by Gasteiger charge is 2.15. The number of halogens is 1. The molecule has 2 aromatic carbocycles. The predicted molar refractivity (Wildman–Crippen MR) is 141 cm³/mol. The van der Waals surface area contributed by atoms with Crippen LogP contribution in [0.1, 0.15) is 82.3 Å². The quantitative estimate of drug-likeness (QED) is 0.224. The van der Waals surface area contributed by atoms with Crippen molar-refractivity contribution in [3.8, 4) is 0 Å². The molecule has 1 amide bonds. The number of aromatic amines is 1. The molecule has 0 unspecified atom stereocenters. The Morgan fingerprint density at radius 2 is 1.55 bits per heavy atom. The molecular weight excluding hydrogens is 428 g/mol. The van der Waals surface area contributed by atoms with Gasteiger partial charge in [0.2, 0.25) is 5.91 Å². The van der Waals surface area contributed by atoms with Crippen molar-refractivity contribution >= 4 is 28.4 Å². The maximum Gasteiger partial charge on any atom is 0.222 e. The van der Waals surface area contributed by atoms with E-state index in [1.165, 1.54) is 55.9 Å². The largest absolute Gasteiger partial charge is 0.361 e. The van der Waals surface area contributed by atoms with Gasteiger partial charge in [0, 0.05) is 41.6 Å². The van der Waals surface area contributed by atoms with E-state index in [0.29, 0.717) is 13.0 Å². The van der Waals surface area contributed by atoms with E-state index in [1.54, 1.807) is 0 Å². The smallest absolute Gasteiger partial charge is 0.222 e. The topological polar surface area (TPSA) is 36.1 Å². The number of rotatable bonds is 15. The molecular formula is C29H39ClN2O. The Balaban J connectivity index is 1.50. The molecule has 0 fully saturated rings. The minimum Gasteiger partial charge on any atom is -0.361 e. The van der Waals surface area contributed by atoms with Crippen LogP contribution in [-0.2, 0) is 17.8 Å². The van der Waals surface area contributed by atoms with Gasteiger partial charge in [-0.3, -0.25) is 4.79 Å². The maximum atomic E-state index is 13.1. The summed E-state index contributed by atoms with van der Waals surface area (Å²) in [6, 6.07) is 16.2. The molecule has 0 atom stereocenters. The Hall–Kier alpha value is -2.26. The second-order valence-corrected chi connectivity index (χ2v) is 9.57. The molecule has 0 aliphatic heterocycles. The minimum atomic E-state index is 0.257. The fourth-order valence-electron chi connectivity index (χ4n) is 4.44. The van der Waals surface area contributed by atoms with E-state index in [9.17, 15) is 4.79 Å². The average Bonchev–Trinajstić information content (AvgIpc) is 3.25. The number of nitrogens with one attached hydrogen (secondary N) is 1. The fourth-order valence-corrected chi connectivity index (χ4v) is 4.57. The summed E-state index contributed by atoms with van der Waals surface area (Å²) in [7, 11) is 0. The normalized spacial score (nSPS) is 11.2. The summed E-state index contributed by atoms with van der Waals surface area (Å²) >= 11 is 6.06. The van der Waals surface area contributed by atoms with Crippen LogP contribution in [0.15, 0.2) is 54.7 Å². The summed E-state index contributed by atoms with van der Waals surface area (Å²) in [5.74, 6) is 0.257. The molecule has 0 spiro atoms. The van der Waals surface area contributed by atoms with E-state index in [1.807, 2.05) is 35.2 Å². The van der Waals surface area contributed by atoms with Gasteiger partial charge in [0.15, 0.2) is 0 Å². The summed E-state index contributed by atoms with van der Waals surface area (Å²) in [4.78, 5) is 18.5. The number of benzene rings is 2. The van der Waals surface area contributed by atoms with Crippen molar-refractivity contribution in [3.05, 3.63) is 70.9 Å². The summed E-state index contributed by atoms with van der Waals surface area (Å²) in [5.41, 5.74) is 3.54. The predicted octanol–water partition coefficient (Wildman–Crippen LogP) is 8.31. The van der Waals surface area contributed by atoms with Gasteiger partial charge in [-0.2, -0.15) is 0 Å². The molecule has 0 radical (unpaired) electrons. The SMILES string of the molecule is CCCCCCCCCCCC(=O)N(CCc1c[nH]c2ccccc12)Cc1ccc(Cl)cc1. The first-order chi connectivity index (χ1) is 16.2. The molecule has 0 saturated carbocycles. The van der Waals surface area contributed by atoms with Crippen LogP contribution in [0.25, 0.3) is 10.9 Å². The fraction of sp³-hybridized carbons (Fsp3) is 0.483. The van der Waals surface area contributed by atoms with Gasteiger partial charge in [-0.1, -0.05) is 100 Å². The van der Waals surface area contributed by atoms with E-state index in [4.69, 9.17) is 11.6 Å². The molecule has 1 heterocycles. The Labute approximate surface area is 204 Å². The number of unbranched alkanes of at least 4 members (excludes halogenated alkanes) is 8. The van der Waals surface area contributed by atoms with Crippen molar-refractivity contribution in [2.75, 3.05) is 6.54 Å². The molecule has 0 aliphatic rings. The van der Waals surface area contributed by atoms with Gasteiger partial charge >= 0.3 is 0 Å². The van der Waals surface area contributed by atoms with E-state index < -0.39 is 0 Å². The van der Waals surface area contributed by atoms with Crippen molar-refractivity contribution in [2.45, 2.75) is 84.1 Å². The lowest BCUT2D eigenvalue weighted by Gasteiger charge is -2.23. The van der Waals surface area contributed by atoms with Gasteiger partial charge < -0.3 is 9.88 Å². The summed E-state index contributed by atoms with van der Waals surface area (Å²) in [5, 5.41) is 1.97. The van der Waals surface area contributed by atoms with Gasteiger partial charge in [-0.25, -0.2) is 0 Å². The molecule has 1 aromatic heterocycles. The Kier molecular flexibility index (Phi) is 10.8. The number of para-hydroxylation sites is 1. The zero-order chi connectivity index (χ0) is 23.3. The highest BCUT2D eigenvalue weighted by atomic mass is 35.5. The second kappa shape index (κ2) is 14.1. The van der Waals surface area contributed by atoms with Crippen molar-refractivity contribution < 1.29 is 4.79 Å². The van der Waals surface area contributed by atoms with Crippen LogP contribution in [0, 0.1) is 0 Å². The minimum absolute atomic E-state index is 0.257. The summed E-state index contributed by atoms with van der Waals surface area (Å²) in [6.07, 6.45) is 15.0. The van der Waals surface area contributed by atoms with Gasteiger partial charge in [-0.05, 0) is 42.2 Å². The van der Waals surface area contributed by atoms with E-state index in [-0.39, 0.29) is 5.91 Å². The number of hydrogen-bond donors (Lipinski definition) is 1. The lowest BCUT2D eigenvalue weighted by Crippen LogP contribution is -2.32. The highest BCUT2D eigenvalue weighted by Crippen LogP contribution is 2.20. The lowest BCUT2D eigenvalue weighted by atomic mass is 10.1. The van der Waals surface area contributed by atoms with Crippen molar-refractivity contribution in [3.63, 3.8) is 0 Å². The van der Waals surface area contributed by atoms with Gasteiger partial charge in [0.05, 0.1) is 0 Å². The summed E-state index contributed by atoms with van der Waals surface area (Å²) in [6.45, 7) is 3.62. The van der Waals surface area contributed by atoms with Crippen LogP contribution < -0.4 is 0 Å². The monoisotopic (exact) mass is 466 g/mol. The third kappa shape index (κ3) is 8.55. The second-order valence-electron chi connectivity index (χ2n) is 9.13. The molecule has 0 aliphatic carbocycles. The van der Waals surface area contributed by atoms with Crippen LogP contribution in [0.3, 0.4) is 0 Å². The Morgan fingerprint density at radius 3 is 2.27 bits per heavy atom. The molecule has 3 rings (SSSR count). The Morgan fingerprint density at radius 1 is 0.879 bits per heavy atom. The van der Waals surface area contributed by atoms with Crippen LogP contribution in [-0.4, -0.2) is 22.3 Å². The molecule has 33 heavy (non-hydrogen) atoms. The van der Waals surface area contributed by atoms with Crippen molar-refractivity contribution in [2.24, 2.45) is 0 Å². The molecule has 0 saturated heterocycles. The molecule has 178 valence electrons. The molecule has 3 nitrogen and oxygen atoms in total. The van der Waals surface area contributed by atoms with Crippen LogP contribution >= 0.6 is 11.6 Å². The number of nitrogens with zero attached hydrogens (tertiary/aromatic N) is 1. The third-order valence-corrected chi connectivity index (χ3v) is 6.71. The molecule has 1 N–H and O–H groups in total. The summed E-state index contributed by atoms with van der Waals surface area (Å²) < 4.78 is 0. The average molecular weight is 467 g/mol. The van der Waals surface area contributed by atoms with Gasteiger partial charge in [0.1, 0.15) is 0 Å². The number of carbonyl (C=O) groups is 1. The lowest BCUT2D eigenvalue weighted by molar-refractivity contribution is -0.131. The highest BCUT2D eigenvalue weighted by molar-refractivity contribution is 6.30. The van der Waals surface area contributed by atoms with Gasteiger partial charge in [-0.15, -0.1) is 0 Å². The van der Waals surface area contributed by atoms with E-state index >= 15 is 0 Å². The standard InChI is InChI=1S/C29H39ClN2O/c1-2-3-4-5-6-7-8-9-10-15-29(33)32(23-24-16-18-26(30)19-17-24)21-20-25-22-31-28-14-12-11-13-27(25)28/h11-14,16-19,22,31H,2-10,15,20-21,23H2,1H3. The van der Waals surface area contributed by atoms with Crippen LogP contribution in [0.2, 0.25) is 5.02 Å². The van der Waals surface area contributed by atoms with Crippen molar-refractivity contribution in [1.82, 2.24) is 9.88 Å². The first-order valence-corrected chi connectivity index (χ1v) is 13.1. The first-order valence-electron chi connectivity index (χ1n) is 12.7. The number of fused-ring (bicyclic) bond motifs is 1. The van der Waals surface area contributed by atoms with Crippen LogP contribution in [0.4, 0.5) is 0 Å². The zero-order valence-electron chi connectivity index (χ0n) is 20.1. The van der Waals surface area contributed by atoms with E-state index in [2.05, 4.69) is 36.3 Å². The third-order valence-electron chi connectivity index (χ3n) is 6.46. The van der Waals surface area contributed by atoms with E-state index in [0.717, 1.165) is 41.9 Å². The molecule has 0 bridgehead atoms. The number of hydrogen-bond acceptors (Lipinski definition) is 1. The number of H-pyrrole nitrogens is 1. The Bertz CT molecular complexity index is 963. The number of aromatic nitrogens is 1. The number of carbonyl (C=O) groups excluding carboxylic acids is 1. The van der Waals surface area contributed by atoms with Gasteiger partial charge in [0.25, 0.3) is 0 Å². The van der Waals surface area contributed by atoms with Crippen molar-refractivity contribution in [1.29, 1.82) is 0 Å². The van der Waals surface area contributed by atoms with Crippen LogP contribution in [0.5, 0.6) is 0 Å².